The molecule has 8 nitrogen and oxygen atoms in total. The van der Waals surface area contributed by atoms with E-state index in [9.17, 15) is 27.2 Å². The molecule has 2 aliphatic heterocycles. The van der Waals surface area contributed by atoms with Crippen LogP contribution in [0.3, 0.4) is 0 Å². The van der Waals surface area contributed by atoms with Crippen molar-refractivity contribution in [2.45, 2.75) is 44.2 Å². The summed E-state index contributed by atoms with van der Waals surface area (Å²) in [6.07, 6.45) is -1.36. The second-order valence-corrected chi connectivity index (χ2v) is 12.0. The number of benzene rings is 2. The number of oxazole rings is 1. The molecule has 0 bridgehead atoms. The average Bonchev–Trinajstić information content (AvgIpc) is 3.40. The van der Waals surface area contributed by atoms with Crippen LogP contribution in [-0.2, 0) is 23.8 Å². The van der Waals surface area contributed by atoms with E-state index in [2.05, 4.69) is 22.1 Å². The lowest BCUT2D eigenvalue weighted by Gasteiger charge is -2.35. The van der Waals surface area contributed by atoms with E-state index in [1.165, 1.54) is 17.8 Å². The third-order valence-electron chi connectivity index (χ3n) is 8.84. The van der Waals surface area contributed by atoms with Gasteiger partial charge in [-0.15, -0.1) is 0 Å². The normalized spacial score (nSPS) is 17.4. The molecule has 2 aliphatic rings. The Balaban J connectivity index is 1.07. The number of rotatable bonds is 8. The highest BCUT2D eigenvalue weighted by Crippen LogP contribution is 2.36. The SMILES string of the molecule is O=C(Cc1ccc(N2CCN(C(=O)Cc3ccccc3F)CC2)nc1)c1oc(N2CCCC(c3ccccc3)CC2)nc1C(F)(F)F. The van der Waals surface area contributed by atoms with E-state index in [1.807, 2.05) is 23.1 Å². The Morgan fingerprint density at radius 3 is 2.28 bits per heavy atom. The monoisotopic (exact) mass is 649 g/mol. The van der Waals surface area contributed by atoms with Crippen molar-refractivity contribution < 1.29 is 31.6 Å². The number of hydrogen-bond acceptors (Lipinski definition) is 7. The van der Waals surface area contributed by atoms with Gasteiger partial charge in [-0.05, 0) is 54.0 Å². The molecule has 2 aromatic heterocycles. The number of amides is 1. The summed E-state index contributed by atoms with van der Waals surface area (Å²) in [6, 6.07) is 19.4. The van der Waals surface area contributed by atoms with Crippen molar-refractivity contribution in [2.75, 3.05) is 49.1 Å². The van der Waals surface area contributed by atoms with Gasteiger partial charge in [-0.1, -0.05) is 54.6 Å². The molecule has 2 aromatic carbocycles. The maximum Gasteiger partial charge on any atom is 0.437 e. The van der Waals surface area contributed by atoms with Crippen LogP contribution in [0, 0.1) is 5.82 Å². The third kappa shape index (κ3) is 7.64. The third-order valence-corrected chi connectivity index (χ3v) is 8.84. The standard InChI is InChI=1S/C35H35F4N5O3/c36-28-11-5-4-9-27(28)22-31(46)43-19-17-42(18-20-43)30-13-12-24(23-40-30)21-29(45)32-33(35(37,38)39)41-34(47-32)44-15-6-10-26(14-16-44)25-7-2-1-3-8-25/h1-5,7-9,11-13,23,26H,6,10,14-22H2. The summed E-state index contributed by atoms with van der Waals surface area (Å²) in [5, 5.41) is 0. The van der Waals surface area contributed by atoms with Gasteiger partial charge in [0, 0.05) is 51.9 Å². The van der Waals surface area contributed by atoms with Crippen molar-refractivity contribution in [3.05, 3.63) is 107 Å². The number of aromatic nitrogens is 2. The number of carbonyl (C=O) groups is 2. The molecular formula is C35H35F4N5O3. The van der Waals surface area contributed by atoms with Crippen LogP contribution >= 0.6 is 0 Å². The minimum Gasteiger partial charge on any atom is -0.420 e. The molecule has 2 fully saturated rings. The van der Waals surface area contributed by atoms with Crippen molar-refractivity contribution in [2.24, 2.45) is 0 Å². The van der Waals surface area contributed by atoms with Crippen molar-refractivity contribution >= 4 is 23.5 Å². The van der Waals surface area contributed by atoms with Gasteiger partial charge in [0.2, 0.25) is 17.5 Å². The van der Waals surface area contributed by atoms with Gasteiger partial charge >= 0.3 is 6.18 Å². The quantitative estimate of drug-likeness (QED) is 0.163. The zero-order chi connectivity index (χ0) is 33.0. The molecule has 2 saturated heterocycles. The molecule has 12 heteroatoms. The maximum absolute atomic E-state index is 14.0. The van der Waals surface area contributed by atoms with Gasteiger partial charge in [0.25, 0.3) is 6.01 Å². The van der Waals surface area contributed by atoms with Gasteiger partial charge in [-0.2, -0.15) is 18.2 Å². The topological polar surface area (TPSA) is 82.8 Å². The zero-order valence-electron chi connectivity index (χ0n) is 25.8. The number of pyridine rings is 1. The maximum atomic E-state index is 14.0. The predicted molar refractivity (Wildman–Crippen MR) is 168 cm³/mol. The highest BCUT2D eigenvalue weighted by Gasteiger charge is 2.42. The first-order valence-corrected chi connectivity index (χ1v) is 15.8. The van der Waals surface area contributed by atoms with Gasteiger partial charge in [-0.3, -0.25) is 9.59 Å². The molecule has 0 saturated carbocycles. The first kappa shape index (κ1) is 32.2. The highest BCUT2D eigenvalue weighted by molar-refractivity contribution is 5.96. The molecule has 1 amide bonds. The average molecular weight is 650 g/mol. The van der Waals surface area contributed by atoms with E-state index in [-0.39, 0.29) is 30.7 Å². The van der Waals surface area contributed by atoms with Crippen molar-refractivity contribution in [1.82, 2.24) is 14.9 Å². The molecular weight excluding hydrogens is 614 g/mol. The van der Waals surface area contributed by atoms with E-state index >= 15 is 0 Å². The number of nitrogens with zero attached hydrogens (tertiary/aromatic N) is 5. The molecule has 4 aromatic rings. The van der Waals surface area contributed by atoms with Crippen LogP contribution in [0.25, 0.3) is 0 Å². The Bertz CT molecular complexity index is 1690. The van der Waals surface area contributed by atoms with E-state index in [1.54, 1.807) is 40.1 Å². The van der Waals surface area contributed by atoms with Crippen LogP contribution in [0.5, 0.6) is 0 Å². The van der Waals surface area contributed by atoms with Gasteiger partial charge in [0.05, 0.1) is 6.42 Å². The van der Waals surface area contributed by atoms with E-state index in [0.29, 0.717) is 56.2 Å². The lowest BCUT2D eigenvalue weighted by atomic mass is 9.92. The van der Waals surface area contributed by atoms with Crippen molar-refractivity contribution in [3.63, 3.8) is 0 Å². The molecule has 0 radical (unpaired) electrons. The number of alkyl halides is 3. The molecule has 1 atom stereocenters. The van der Waals surface area contributed by atoms with Gasteiger partial charge in [0.1, 0.15) is 11.6 Å². The summed E-state index contributed by atoms with van der Waals surface area (Å²) in [5.41, 5.74) is 0.675. The smallest absolute Gasteiger partial charge is 0.420 e. The lowest BCUT2D eigenvalue weighted by molar-refractivity contribution is -0.141. The fourth-order valence-corrected chi connectivity index (χ4v) is 6.25. The molecule has 0 N–H and O–H groups in total. The second-order valence-electron chi connectivity index (χ2n) is 12.0. The summed E-state index contributed by atoms with van der Waals surface area (Å²) in [5.74, 6) is -1.28. The molecule has 47 heavy (non-hydrogen) atoms. The Morgan fingerprint density at radius 1 is 0.830 bits per heavy atom. The predicted octanol–water partition coefficient (Wildman–Crippen LogP) is 6.32. The summed E-state index contributed by atoms with van der Waals surface area (Å²) >= 11 is 0. The van der Waals surface area contributed by atoms with E-state index in [4.69, 9.17) is 4.42 Å². The van der Waals surface area contributed by atoms with Crippen LogP contribution in [0.4, 0.5) is 29.4 Å². The van der Waals surface area contributed by atoms with Gasteiger partial charge in [-0.25, -0.2) is 9.37 Å². The Morgan fingerprint density at radius 2 is 1.57 bits per heavy atom. The van der Waals surface area contributed by atoms with Crippen molar-refractivity contribution in [1.29, 1.82) is 0 Å². The number of anilines is 2. The second kappa shape index (κ2) is 13.9. The van der Waals surface area contributed by atoms with Gasteiger partial charge < -0.3 is 19.1 Å². The Labute approximate surface area is 270 Å². The van der Waals surface area contributed by atoms with E-state index in [0.717, 1.165) is 19.3 Å². The zero-order valence-corrected chi connectivity index (χ0v) is 25.8. The molecule has 4 heterocycles. The van der Waals surface area contributed by atoms with Crippen LogP contribution in [-0.4, -0.2) is 65.8 Å². The first-order valence-electron chi connectivity index (χ1n) is 15.8. The summed E-state index contributed by atoms with van der Waals surface area (Å²) in [4.78, 5) is 39.4. The van der Waals surface area contributed by atoms with Crippen LogP contribution < -0.4 is 9.80 Å². The number of ketones is 1. The summed E-state index contributed by atoms with van der Waals surface area (Å²) in [7, 11) is 0. The number of piperazine rings is 1. The summed E-state index contributed by atoms with van der Waals surface area (Å²) in [6.45, 7) is 2.83. The summed E-state index contributed by atoms with van der Waals surface area (Å²) < 4.78 is 61.5. The van der Waals surface area contributed by atoms with Crippen LogP contribution in [0.1, 0.15) is 58.1 Å². The minimum atomic E-state index is -4.86. The Hall–Kier alpha value is -4.74. The number of hydrogen-bond donors (Lipinski definition) is 0. The lowest BCUT2D eigenvalue weighted by Crippen LogP contribution is -2.49. The number of carbonyl (C=O) groups excluding carboxylic acids is 2. The van der Waals surface area contributed by atoms with Gasteiger partial charge in [0.15, 0.2) is 5.69 Å². The first-order chi connectivity index (χ1) is 22.7. The molecule has 0 spiro atoms. The van der Waals surface area contributed by atoms with E-state index < -0.39 is 29.2 Å². The van der Waals surface area contributed by atoms with Crippen molar-refractivity contribution in [3.8, 4) is 0 Å². The number of Topliss-reactive ketones (excluding diaryl/α,β-unsaturated/α-hetero) is 1. The minimum absolute atomic E-state index is 0.0108. The van der Waals surface area contributed by atoms with Crippen LogP contribution in [0.2, 0.25) is 0 Å². The number of halogens is 4. The fourth-order valence-electron chi connectivity index (χ4n) is 6.25. The molecule has 246 valence electrons. The Kier molecular flexibility index (Phi) is 9.55. The largest absolute Gasteiger partial charge is 0.437 e. The highest BCUT2D eigenvalue weighted by atomic mass is 19.4. The molecule has 0 aliphatic carbocycles. The van der Waals surface area contributed by atoms with Crippen LogP contribution in [0.15, 0.2) is 77.3 Å². The molecule has 6 rings (SSSR count). The molecule has 1 unspecified atom stereocenters. The fraction of sp³-hybridized carbons (Fsp3) is 0.371.